The minimum Gasteiger partial charge on any atom is -0.212 e. The van der Waals surface area contributed by atoms with E-state index in [9.17, 15) is 8.42 Å². The first kappa shape index (κ1) is 11.6. The van der Waals surface area contributed by atoms with Crippen LogP contribution in [0.25, 0.3) is 0 Å². The third-order valence-corrected chi connectivity index (χ3v) is 7.63. The molecule has 2 saturated carbocycles. The SMILES string of the molecule is CC1(C)[C@@H]2CC[C@]13CS(=O)(=O)NC3C2(Cl)Cl. The topological polar surface area (TPSA) is 46.2 Å². The highest BCUT2D eigenvalue weighted by atomic mass is 35.5. The summed E-state index contributed by atoms with van der Waals surface area (Å²) >= 11 is 12.8. The molecule has 0 radical (unpaired) electrons. The van der Waals surface area contributed by atoms with E-state index in [1.165, 1.54) is 0 Å². The molecule has 1 spiro atoms. The Morgan fingerprint density at radius 2 is 1.94 bits per heavy atom. The van der Waals surface area contributed by atoms with Gasteiger partial charge in [-0.3, -0.25) is 0 Å². The summed E-state index contributed by atoms with van der Waals surface area (Å²) in [7, 11) is -3.21. The summed E-state index contributed by atoms with van der Waals surface area (Å²) in [5.74, 6) is 0.353. The van der Waals surface area contributed by atoms with Crippen LogP contribution in [-0.2, 0) is 10.0 Å². The van der Waals surface area contributed by atoms with Crippen LogP contribution in [0.3, 0.4) is 0 Å². The van der Waals surface area contributed by atoms with Gasteiger partial charge in [-0.05, 0) is 24.2 Å². The molecule has 3 aliphatic rings. The third kappa shape index (κ3) is 1.03. The third-order valence-electron chi connectivity index (χ3n) is 5.18. The smallest absolute Gasteiger partial charge is 0.212 e. The number of sulfonamides is 1. The molecule has 1 heterocycles. The second-order valence-corrected chi connectivity index (χ2v) is 9.15. The quantitative estimate of drug-likeness (QED) is 0.691. The summed E-state index contributed by atoms with van der Waals surface area (Å²) in [5, 5.41) is 0. The number of nitrogens with one attached hydrogen (secondary N) is 1. The Balaban J connectivity index is 2.21. The lowest BCUT2D eigenvalue weighted by molar-refractivity contribution is 0.146. The molecule has 0 amide bonds. The zero-order valence-electron chi connectivity index (χ0n) is 9.26. The average molecular weight is 284 g/mol. The maximum atomic E-state index is 11.8. The summed E-state index contributed by atoms with van der Waals surface area (Å²) in [6.45, 7) is 4.21. The lowest BCUT2D eigenvalue weighted by Gasteiger charge is -2.36. The van der Waals surface area contributed by atoms with Crippen molar-refractivity contribution in [3.63, 3.8) is 0 Å². The molecular formula is C10H15Cl2NO2S. The van der Waals surface area contributed by atoms with E-state index < -0.39 is 14.4 Å². The van der Waals surface area contributed by atoms with E-state index >= 15 is 0 Å². The van der Waals surface area contributed by atoms with Gasteiger partial charge >= 0.3 is 0 Å². The van der Waals surface area contributed by atoms with Crippen LogP contribution >= 0.6 is 23.2 Å². The molecule has 6 heteroatoms. The van der Waals surface area contributed by atoms with Gasteiger partial charge in [0.05, 0.1) is 11.8 Å². The Morgan fingerprint density at radius 3 is 2.50 bits per heavy atom. The number of alkyl halides is 2. The Labute approximate surface area is 106 Å². The summed E-state index contributed by atoms with van der Waals surface area (Å²) in [6, 6.07) is -0.318. The Morgan fingerprint density at radius 1 is 1.31 bits per heavy atom. The highest BCUT2D eigenvalue weighted by molar-refractivity contribution is 7.89. The average Bonchev–Trinajstić information content (AvgIpc) is 2.53. The normalized spacial score (nSPS) is 50.5. The van der Waals surface area contributed by atoms with E-state index in [2.05, 4.69) is 18.6 Å². The molecule has 1 N–H and O–H groups in total. The van der Waals surface area contributed by atoms with Crippen LogP contribution in [0.4, 0.5) is 0 Å². The standard InChI is InChI=1S/C10H15Cl2NO2S/c1-8(2)6-3-4-9(8)5-16(14,15)13-7(9)10(6,11)12/h6-7,13H,3-5H2,1-2H3/t6-,7?,9+/m0/s1. The fraction of sp³-hybridized carbons (Fsp3) is 1.00. The van der Waals surface area contributed by atoms with Gasteiger partial charge < -0.3 is 0 Å². The first-order valence-corrected chi connectivity index (χ1v) is 7.92. The van der Waals surface area contributed by atoms with Crippen LogP contribution in [0.5, 0.6) is 0 Å². The lowest BCUT2D eigenvalue weighted by atomic mass is 9.69. The Kier molecular flexibility index (Phi) is 1.98. The molecule has 1 unspecified atom stereocenters. The maximum absolute atomic E-state index is 11.8. The number of halogens is 2. The minimum atomic E-state index is -3.21. The van der Waals surface area contributed by atoms with Gasteiger partial charge in [-0.25, -0.2) is 13.1 Å². The molecule has 3 fully saturated rings. The molecular weight excluding hydrogens is 269 g/mol. The summed E-state index contributed by atoms with van der Waals surface area (Å²) in [5.41, 5.74) is -0.391. The van der Waals surface area contributed by atoms with Gasteiger partial charge in [0.15, 0.2) is 0 Å². The van der Waals surface area contributed by atoms with Gasteiger partial charge in [0.2, 0.25) is 10.0 Å². The molecule has 0 aromatic rings. The molecule has 0 aromatic heterocycles. The number of fused-ring (bicyclic) bond motifs is 1. The van der Waals surface area contributed by atoms with Gasteiger partial charge in [0.25, 0.3) is 0 Å². The first-order valence-electron chi connectivity index (χ1n) is 5.51. The van der Waals surface area contributed by atoms with Crippen molar-refractivity contribution in [1.82, 2.24) is 4.72 Å². The molecule has 1 aliphatic heterocycles. The Hall–Kier alpha value is 0.490. The second-order valence-electron chi connectivity index (χ2n) is 5.95. The van der Waals surface area contributed by atoms with Crippen LogP contribution < -0.4 is 4.72 Å². The van der Waals surface area contributed by atoms with Crippen molar-refractivity contribution >= 4 is 33.2 Å². The fourth-order valence-electron chi connectivity index (χ4n) is 4.28. The van der Waals surface area contributed by atoms with Crippen molar-refractivity contribution in [3.05, 3.63) is 0 Å². The zero-order chi connectivity index (χ0) is 12.0. The van der Waals surface area contributed by atoms with Crippen molar-refractivity contribution < 1.29 is 8.42 Å². The minimum absolute atomic E-state index is 0.113. The Bertz CT molecular complexity index is 459. The fourth-order valence-corrected chi connectivity index (χ4v) is 7.92. The predicted molar refractivity (Wildman–Crippen MR) is 64.1 cm³/mol. The molecule has 3 atom stereocenters. The van der Waals surface area contributed by atoms with E-state index in [0.29, 0.717) is 0 Å². The van der Waals surface area contributed by atoms with Crippen molar-refractivity contribution in [1.29, 1.82) is 0 Å². The van der Waals surface area contributed by atoms with Crippen LogP contribution in [0.1, 0.15) is 26.7 Å². The molecule has 2 bridgehead atoms. The molecule has 3 nitrogen and oxygen atoms in total. The van der Waals surface area contributed by atoms with Gasteiger partial charge in [0.1, 0.15) is 4.33 Å². The van der Waals surface area contributed by atoms with Crippen molar-refractivity contribution in [2.75, 3.05) is 5.75 Å². The van der Waals surface area contributed by atoms with Crippen LogP contribution in [-0.4, -0.2) is 24.5 Å². The van der Waals surface area contributed by atoms with E-state index in [0.717, 1.165) is 12.8 Å². The van der Waals surface area contributed by atoms with E-state index in [-0.39, 0.29) is 28.5 Å². The van der Waals surface area contributed by atoms with Crippen LogP contribution in [0.15, 0.2) is 0 Å². The number of hydrogen-bond acceptors (Lipinski definition) is 2. The monoisotopic (exact) mass is 283 g/mol. The molecule has 2 aliphatic carbocycles. The molecule has 16 heavy (non-hydrogen) atoms. The highest BCUT2D eigenvalue weighted by Crippen LogP contribution is 2.73. The second kappa shape index (κ2) is 2.73. The summed E-state index contributed by atoms with van der Waals surface area (Å²) in [4.78, 5) is 0. The first-order chi connectivity index (χ1) is 7.14. The van der Waals surface area contributed by atoms with Crippen LogP contribution in [0, 0.1) is 16.7 Å². The van der Waals surface area contributed by atoms with Crippen molar-refractivity contribution in [2.24, 2.45) is 16.7 Å². The van der Waals surface area contributed by atoms with Gasteiger partial charge in [-0.1, -0.05) is 37.0 Å². The molecule has 1 saturated heterocycles. The summed E-state index contributed by atoms with van der Waals surface area (Å²) in [6.07, 6.45) is 1.83. The van der Waals surface area contributed by atoms with Crippen LogP contribution in [0.2, 0.25) is 0 Å². The lowest BCUT2D eigenvalue weighted by Crippen LogP contribution is -2.48. The van der Waals surface area contributed by atoms with E-state index in [1.807, 2.05) is 0 Å². The van der Waals surface area contributed by atoms with E-state index in [4.69, 9.17) is 23.2 Å². The number of rotatable bonds is 0. The van der Waals surface area contributed by atoms with E-state index in [1.54, 1.807) is 0 Å². The highest BCUT2D eigenvalue weighted by Gasteiger charge is 2.77. The van der Waals surface area contributed by atoms with Crippen molar-refractivity contribution in [3.8, 4) is 0 Å². The van der Waals surface area contributed by atoms with Crippen molar-refractivity contribution in [2.45, 2.75) is 37.1 Å². The predicted octanol–water partition coefficient (Wildman–Crippen LogP) is 1.90. The largest absolute Gasteiger partial charge is 0.212 e. The van der Waals surface area contributed by atoms with Gasteiger partial charge in [-0.15, -0.1) is 0 Å². The zero-order valence-corrected chi connectivity index (χ0v) is 11.6. The molecule has 0 aromatic carbocycles. The van der Waals surface area contributed by atoms with Gasteiger partial charge in [0, 0.05) is 5.41 Å². The molecule has 92 valence electrons. The molecule has 3 rings (SSSR count). The number of hydrogen-bond donors (Lipinski definition) is 1. The maximum Gasteiger partial charge on any atom is 0.212 e. The summed E-state index contributed by atoms with van der Waals surface area (Å²) < 4.78 is 25.3. The van der Waals surface area contributed by atoms with Gasteiger partial charge in [-0.2, -0.15) is 0 Å².